The van der Waals surface area contributed by atoms with E-state index in [1.807, 2.05) is 33.0 Å². The van der Waals surface area contributed by atoms with Crippen molar-refractivity contribution in [3.63, 3.8) is 0 Å². The van der Waals surface area contributed by atoms with Crippen molar-refractivity contribution in [2.24, 2.45) is 0 Å². The molecule has 0 radical (unpaired) electrons. The lowest BCUT2D eigenvalue weighted by Gasteiger charge is -2.21. The first-order chi connectivity index (χ1) is 13.5. The molecule has 0 fully saturated rings. The molecule has 2 heterocycles. The predicted molar refractivity (Wildman–Crippen MR) is 112 cm³/mol. The summed E-state index contributed by atoms with van der Waals surface area (Å²) in [6, 6.07) is 8.49. The minimum absolute atomic E-state index is 0.563. The van der Waals surface area contributed by atoms with Crippen molar-refractivity contribution in [1.29, 1.82) is 0 Å². The Morgan fingerprint density at radius 3 is 2.57 bits per heavy atom. The maximum Gasteiger partial charge on any atom is 0.311 e. The number of pyridine rings is 2. The van der Waals surface area contributed by atoms with Crippen LogP contribution in [0.15, 0.2) is 30.5 Å². The summed E-state index contributed by atoms with van der Waals surface area (Å²) >= 11 is 0. The lowest BCUT2D eigenvalue weighted by atomic mass is 9.84. The van der Waals surface area contributed by atoms with Crippen molar-refractivity contribution in [3.8, 4) is 11.1 Å². The highest BCUT2D eigenvalue weighted by molar-refractivity contribution is 5.99. The number of hydrogen-bond donors (Lipinski definition) is 1. The van der Waals surface area contributed by atoms with Gasteiger partial charge in [0.05, 0.1) is 11.4 Å². The lowest BCUT2D eigenvalue weighted by molar-refractivity contribution is -0.139. The fourth-order valence-corrected chi connectivity index (χ4v) is 4.50. The number of hydrogen-bond acceptors (Lipinski definition) is 3. The molecular weight excluding hydrogens is 348 g/mol. The molecule has 1 atom stereocenters. The van der Waals surface area contributed by atoms with Crippen LogP contribution < -0.4 is 0 Å². The van der Waals surface area contributed by atoms with Gasteiger partial charge in [-0.2, -0.15) is 0 Å². The molecule has 1 aliphatic carbocycles. The van der Waals surface area contributed by atoms with E-state index < -0.39 is 11.9 Å². The average molecular weight is 374 g/mol. The summed E-state index contributed by atoms with van der Waals surface area (Å²) in [7, 11) is 0. The van der Waals surface area contributed by atoms with Gasteiger partial charge in [-0.15, -0.1) is 0 Å². The van der Waals surface area contributed by atoms with Gasteiger partial charge in [0, 0.05) is 28.5 Å². The van der Waals surface area contributed by atoms with E-state index in [0.717, 1.165) is 58.2 Å². The van der Waals surface area contributed by atoms with Crippen molar-refractivity contribution >= 4 is 16.9 Å². The highest BCUT2D eigenvalue weighted by atomic mass is 16.4. The van der Waals surface area contributed by atoms with Crippen LogP contribution in [0.1, 0.15) is 60.2 Å². The van der Waals surface area contributed by atoms with E-state index in [1.165, 1.54) is 17.5 Å². The number of aromatic nitrogens is 2. The molecule has 0 spiro atoms. The van der Waals surface area contributed by atoms with Crippen molar-refractivity contribution in [2.45, 2.75) is 58.8 Å². The van der Waals surface area contributed by atoms with Crippen LogP contribution in [0.2, 0.25) is 0 Å². The number of carbonyl (C=O) groups is 1. The number of fused-ring (bicyclic) bond motifs is 2. The van der Waals surface area contributed by atoms with Gasteiger partial charge in [0.15, 0.2) is 0 Å². The number of aliphatic carboxylic acids is 1. The van der Waals surface area contributed by atoms with Crippen LogP contribution >= 0.6 is 0 Å². The molecule has 4 heteroatoms. The van der Waals surface area contributed by atoms with Crippen LogP contribution in [0.5, 0.6) is 0 Å². The highest BCUT2D eigenvalue weighted by Crippen LogP contribution is 2.40. The molecule has 28 heavy (non-hydrogen) atoms. The van der Waals surface area contributed by atoms with Crippen LogP contribution in [-0.4, -0.2) is 21.0 Å². The van der Waals surface area contributed by atoms with Crippen LogP contribution in [0.4, 0.5) is 0 Å². The summed E-state index contributed by atoms with van der Waals surface area (Å²) in [5.74, 6) is -1.35. The van der Waals surface area contributed by atoms with Gasteiger partial charge in [-0.3, -0.25) is 14.8 Å². The second-order valence-electron chi connectivity index (χ2n) is 7.85. The van der Waals surface area contributed by atoms with Crippen LogP contribution in [0.25, 0.3) is 22.0 Å². The van der Waals surface area contributed by atoms with E-state index in [1.54, 1.807) is 0 Å². The number of nitrogens with zero attached hydrogens (tertiary/aromatic N) is 2. The van der Waals surface area contributed by atoms with E-state index in [-0.39, 0.29) is 0 Å². The second kappa shape index (κ2) is 7.34. The Morgan fingerprint density at radius 2 is 1.93 bits per heavy atom. The molecule has 1 N–H and O–H groups in total. The van der Waals surface area contributed by atoms with Gasteiger partial charge in [-0.05, 0) is 80.0 Å². The largest absolute Gasteiger partial charge is 0.481 e. The van der Waals surface area contributed by atoms with Gasteiger partial charge in [0.2, 0.25) is 0 Å². The van der Waals surface area contributed by atoms with Crippen LogP contribution in [0, 0.1) is 13.8 Å². The topological polar surface area (TPSA) is 63.1 Å². The molecule has 0 aliphatic heterocycles. The van der Waals surface area contributed by atoms with E-state index in [4.69, 9.17) is 4.98 Å². The van der Waals surface area contributed by atoms with E-state index in [2.05, 4.69) is 23.2 Å². The standard InChI is InChI=1S/C24H26N2O2/c1-4-6-19(24(27)28)22-15(3)26-21-12-17-8-5-7-16(17)11-20(21)23(22)18-10-9-14(2)25-13-18/h9-13,19H,4-8H2,1-3H3,(H,27,28). The SMILES string of the molecule is CCCC(C(=O)O)c1c(C)nc2cc3c(cc2c1-c1ccc(C)nc1)CCC3. The van der Waals surface area contributed by atoms with E-state index >= 15 is 0 Å². The number of carboxylic acids is 1. The highest BCUT2D eigenvalue weighted by Gasteiger charge is 2.28. The Kier molecular flexibility index (Phi) is 4.88. The zero-order chi connectivity index (χ0) is 19.8. The molecular formula is C24H26N2O2. The fourth-order valence-electron chi connectivity index (χ4n) is 4.50. The first-order valence-corrected chi connectivity index (χ1v) is 10.1. The Bertz CT molecular complexity index is 1050. The molecule has 144 valence electrons. The molecule has 3 aromatic rings. The molecule has 0 bridgehead atoms. The maximum absolute atomic E-state index is 12.2. The third-order valence-electron chi connectivity index (χ3n) is 5.85. The molecule has 1 unspecified atom stereocenters. The van der Waals surface area contributed by atoms with Crippen LogP contribution in [0.3, 0.4) is 0 Å². The minimum atomic E-state index is -0.784. The van der Waals surface area contributed by atoms with Gasteiger partial charge >= 0.3 is 5.97 Å². The maximum atomic E-state index is 12.2. The third kappa shape index (κ3) is 3.17. The summed E-state index contributed by atoms with van der Waals surface area (Å²) in [6.45, 7) is 5.93. The molecule has 4 nitrogen and oxygen atoms in total. The molecule has 4 rings (SSSR count). The Labute approximate surface area is 165 Å². The van der Waals surface area contributed by atoms with Gasteiger partial charge in [0.1, 0.15) is 0 Å². The van der Waals surface area contributed by atoms with Crippen molar-refractivity contribution in [1.82, 2.24) is 9.97 Å². The smallest absolute Gasteiger partial charge is 0.311 e. The molecule has 0 saturated heterocycles. The first-order valence-electron chi connectivity index (χ1n) is 10.1. The normalized spacial score (nSPS) is 14.2. The van der Waals surface area contributed by atoms with Gasteiger partial charge < -0.3 is 5.11 Å². The zero-order valence-electron chi connectivity index (χ0n) is 16.7. The molecule has 1 aliphatic rings. The Hall–Kier alpha value is -2.75. The summed E-state index contributed by atoms with van der Waals surface area (Å²) in [5.41, 5.74) is 8.26. The Morgan fingerprint density at radius 1 is 1.18 bits per heavy atom. The van der Waals surface area contributed by atoms with Crippen molar-refractivity contribution in [3.05, 3.63) is 58.5 Å². The van der Waals surface area contributed by atoms with E-state index in [0.29, 0.717) is 6.42 Å². The van der Waals surface area contributed by atoms with Gasteiger partial charge in [-0.25, -0.2) is 0 Å². The number of rotatable bonds is 5. The number of carboxylic acid groups (broad SMARTS) is 1. The molecule has 0 amide bonds. The van der Waals surface area contributed by atoms with Crippen molar-refractivity contribution in [2.75, 3.05) is 0 Å². The number of aryl methyl sites for hydroxylation is 4. The summed E-state index contributed by atoms with van der Waals surface area (Å²) in [5, 5.41) is 11.0. The molecule has 1 aromatic carbocycles. The second-order valence-corrected chi connectivity index (χ2v) is 7.85. The lowest BCUT2D eigenvalue weighted by Crippen LogP contribution is -2.15. The monoisotopic (exact) mass is 374 g/mol. The molecule has 2 aromatic heterocycles. The fraction of sp³-hybridized carbons (Fsp3) is 0.375. The molecule has 0 saturated carbocycles. The predicted octanol–water partition coefficient (Wildman–Crippen LogP) is 5.37. The first kappa shape index (κ1) is 18.6. The average Bonchev–Trinajstić information content (AvgIpc) is 3.12. The zero-order valence-corrected chi connectivity index (χ0v) is 16.7. The minimum Gasteiger partial charge on any atom is -0.481 e. The number of benzene rings is 1. The summed E-state index contributed by atoms with van der Waals surface area (Å²) < 4.78 is 0. The van der Waals surface area contributed by atoms with Crippen LogP contribution in [-0.2, 0) is 17.6 Å². The van der Waals surface area contributed by atoms with Gasteiger partial charge in [-0.1, -0.05) is 19.4 Å². The quantitative estimate of drug-likeness (QED) is 0.652. The van der Waals surface area contributed by atoms with Crippen molar-refractivity contribution < 1.29 is 9.90 Å². The van der Waals surface area contributed by atoms with E-state index in [9.17, 15) is 9.90 Å². The van der Waals surface area contributed by atoms with Gasteiger partial charge in [0.25, 0.3) is 0 Å². The Balaban J connectivity index is 2.08. The summed E-state index contributed by atoms with van der Waals surface area (Å²) in [4.78, 5) is 21.5. The third-order valence-corrected chi connectivity index (χ3v) is 5.85. The summed E-state index contributed by atoms with van der Waals surface area (Å²) in [6.07, 6.45) is 6.63.